The number of likely N-dealkylation sites (tertiary alicyclic amines) is 2. The summed E-state index contributed by atoms with van der Waals surface area (Å²) in [5.74, 6) is 1.62. The van der Waals surface area contributed by atoms with Crippen LogP contribution in [-0.2, 0) is 0 Å². The van der Waals surface area contributed by atoms with Crippen LogP contribution in [0.2, 0.25) is 0 Å². The van der Waals surface area contributed by atoms with Gasteiger partial charge in [0.1, 0.15) is 0 Å². The summed E-state index contributed by atoms with van der Waals surface area (Å²) in [6, 6.07) is 0.859. The van der Waals surface area contributed by atoms with E-state index in [4.69, 9.17) is 5.73 Å². The smallest absolute Gasteiger partial charge is 0.0145 e. The van der Waals surface area contributed by atoms with Crippen molar-refractivity contribution in [2.24, 2.45) is 17.6 Å². The fourth-order valence-corrected chi connectivity index (χ4v) is 3.63. The fraction of sp³-hybridized carbons (Fsp3) is 1.00. The Morgan fingerprint density at radius 1 is 1.29 bits per heavy atom. The topological polar surface area (TPSA) is 32.5 Å². The number of rotatable bonds is 4. The van der Waals surface area contributed by atoms with E-state index < -0.39 is 0 Å². The first kappa shape index (κ1) is 13.3. The lowest BCUT2D eigenvalue weighted by Crippen LogP contribution is -2.53. The maximum atomic E-state index is 5.82. The van der Waals surface area contributed by atoms with Crippen molar-refractivity contribution >= 4 is 0 Å². The summed E-state index contributed by atoms with van der Waals surface area (Å²) in [5, 5.41) is 0. The van der Waals surface area contributed by atoms with Crippen LogP contribution in [0, 0.1) is 11.8 Å². The van der Waals surface area contributed by atoms with Gasteiger partial charge in [0.2, 0.25) is 0 Å². The van der Waals surface area contributed by atoms with Gasteiger partial charge >= 0.3 is 0 Å². The molecule has 3 heteroatoms. The Hall–Kier alpha value is -0.120. The molecule has 0 aromatic carbocycles. The monoisotopic (exact) mass is 239 g/mol. The predicted octanol–water partition coefficient (Wildman–Crippen LogP) is 1.39. The van der Waals surface area contributed by atoms with Crippen molar-refractivity contribution in [1.82, 2.24) is 9.80 Å². The van der Waals surface area contributed by atoms with Crippen LogP contribution in [0.5, 0.6) is 0 Å². The van der Waals surface area contributed by atoms with Crippen LogP contribution in [-0.4, -0.2) is 55.6 Å². The maximum absolute atomic E-state index is 5.82. The number of nitrogens with two attached hydrogens (primary N) is 1. The van der Waals surface area contributed by atoms with Gasteiger partial charge in [0.25, 0.3) is 0 Å². The van der Waals surface area contributed by atoms with Crippen LogP contribution in [0.1, 0.15) is 32.6 Å². The molecular formula is C14H29N3. The average Bonchev–Trinajstić information content (AvgIpc) is 2.36. The van der Waals surface area contributed by atoms with Gasteiger partial charge in [0.15, 0.2) is 0 Å². The molecule has 0 spiro atoms. The first-order valence-corrected chi connectivity index (χ1v) is 7.37. The molecule has 3 atom stereocenters. The molecule has 0 saturated carbocycles. The Morgan fingerprint density at radius 3 is 2.82 bits per heavy atom. The van der Waals surface area contributed by atoms with E-state index in [0.717, 1.165) is 18.5 Å². The van der Waals surface area contributed by atoms with Gasteiger partial charge in [-0.25, -0.2) is 0 Å². The fourth-order valence-electron chi connectivity index (χ4n) is 3.63. The largest absolute Gasteiger partial charge is 0.330 e. The van der Waals surface area contributed by atoms with Crippen LogP contribution < -0.4 is 5.73 Å². The lowest BCUT2D eigenvalue weighted by Gasteiger charge is -2.46. The van der Waals surface area contributed by atoms with Gasteiger partial charge in [0.05, 0.1) is 0 Å². The molecule has 0 aromatic heterocycles. The summed E-state index contributed by atoms with van der Waals surface area (Å²) >= 11 is 0. The van der Waals surface area contributed by atoms with Crippen LogP contribution >= 0.6 is 0 Å². The van der Waals surface area contributed by atoms with E-state index >= 15 is 0 Å². The summed E-state index contributed by atoms with van der Waals surface area (Å²) in [6.07, 6.45) is 5.41. The van der Waals surface area contributed by atoms with Crippen LogP contribution in [0.15, 0.2) is 0 Å². The second kappa shape index (κ2) is 6.17. The Balaban J connectivity index is 1.84. The van der Waals surface area contributed by atoms with Crippen LogP contribution in [0.3, 0.4) is 0 Å². The first-order valence-electron chi connectivity index (χ1n) is 7.37. The highest BCUT2D eigenvalue weighted by Crippen LogP contribution is 2.29. The van der Waals surface area contributed by atoms with Crippen LogP contribution in [0.4, 0.5) is 0 Å². The molecule has 0 amide bonds. The van der Waals surface area contributed by atoms with Gasteiger partial charge in [-0.3, -0.25) is 0 Å². The molecule has 2 N–H and O–H groups in total. The molecule has 2 heterocycles. The molecule has 3 unspecified atom stereocenters. The highest BCUT2D eigenvalue weighted by molar-refractivity contribution is 4.89. The van der Waals surface area contributed by atoms with Crippen molar-refractivity contribution in [3.63, 3.8) is 0 Å². The van der Waals surface area contributed by atoms with Crippen molar-refractivity contribution in [2.75, 3.05) is 39.8 Å². The van der Waals surface area contributed by atoms with Gasteiger partial charge in [-0.2, -0.15) is 0 Å². The van der Waals surface area contributed by atoms with Crippen molar-refractivity contribution < 1.29 is 0 Å². The molecular weight excluding hydrogens is 210 g/mol. The minimum Gasteiger partial charge on any atom is -0.330 e. The molecule has 0 aromatic rings. The number of hydrogen-bond donors (Lipinski definition) is 1. The summed E-state index contributed by atoms with van der Waals surface area (Å²) in [7, 11) is 2.31. The quantitative estimate of drug-likeness (QED) is 0.804. The number of nitrogens with zero attached hydrogens (tertiary/aromatic N) is 2. The highest BCUT2D eigenvalue weighted by atomic mass is 15.2. The molecule has 2 fully saturated rings. The summed E-state index contributed by atoms with van der Waals surface area (Å²) in [5.41, 5.74) is 5.82. The second-order valence-electron chi connectivity index (χ2n) is 6.01. The summed E-state index contributed by atoms with van der Waals surface area (Å²) in [4.78, 5) is 5.26. The van der Waals surface area contributed by atoms with Gasteiger partial charge in [-0.15, -0.1) is 0 Å². The average molecular weight is 239 g/mol. The Labute approximate surface area is 106 Å². The van der Waals surface area contributed by atoms with E-state index in [-0.39, 0.29) is 0 Å². The van der Waals surface area contributed by atoms with Gasteiger partial charge in [0, 0.05) is 19.1 Å². The van der Waals surface area contributed by atoms with Gasteiger partial charge < -0.3 is 15.5 Å². The zero-order valence-electron chi connectivity index (χ0n) is 11.6. The van der Waals surface area contributed by atoms with E-state index in [1.54, 1.807) is 0 Å². The molecule has 17 heavy (non-hydrogen) atoms. The normalized spacial score (nSPS) is 33.4. The lowest BCUT2D eigenvalue weighted by atomic mass is 9.84. The van der Waals surface area contributed by atoms with E-state index in [2.05, 4.69) is 23.8 Å². The van der Waals surface area contributed by atoms with Gasteiger partial charge in [-0.1, -0.05) is 13.3 Å². The first-order chi connectivity index (χ1) is 8.24. The minimum atomic E-state index is 0.702. The zero-order chi connectivity index (χ0) is 12.3. The van der Waals surface area contributed by atoms with Gasteiger partial charge in [-0.05, 0) is 57.8 Å². The molecule has 0 aliphatic carbocycles. The van der Waals surface area contributed by atoms with E-state index in [1.165, 1.54) is 51.9 Å². The second-order valence-corrected chi connectivity index (χ2v) is 6.01. The van der Waals surface area contributed by atoms with Crippen molar-refractivity contribution in [2.45, 2.75) is 38.6 Å². The number of piperidine rings is 2. The number of hydrogen-bond acceptors (Lipinski definition) is 3. The van der Waals surface area contributed by atoms with Crippen LogP contribution in [0.25, 0.3) is 0 Å². The van der Waals surface area contributed by atoms with E-state index in [1.807, 2.05) is 0 Å². The Kier molecular flexibility index (Phi) is 4.83. The predicted molar refractivity (Wildman–Crippen MR) is 73.0 cm³/mol. The Bertz CT molecular complexity index is 228. The molecule has 2 saturated heterocycles. The highest BCUT2D eigenvalue weighted by Gasteiger charge is 2.34. The maximum Gasteiger partial charge on any atom is 0.0145 e. The molecule has 2 aliphatic heterocycles. The van der Waals surface area contributed by atoms with Crippen molar-refractivity contribution in [3.05, 3.63) is 0 Å². The SMILES string of the molecule is CCC(CN)CN1CCC2C(CCCN2C)C1. The third-order valence-corrected chi connectivity index (χ3v) is 4.86. The van der Waals surface area contributed by atoms with E-state index in [0.29, 0.717) is 5.92 Å². The van der Waals surface area contributed by atoms with E-state index in [9.17, 15) is 0 Å². The minimum absolute atomic E-state index is 0.702. The summed E-state index contributed by atoms with van der Waals surface area (Å²) < 4.78 is 0. The number of fused-ring (bicyclic) bond motifs is 1. The molecule has 0 radical (unpaired) electrons. The molecule has 3 nitrogen and oxygen atoms in total. The standard InChI is InChI=1S/C14H29N3/c1-3-12(9-15)10-17-8-6-14-13(11-17)5-4-7-16(14)2/h12-14H,3-11,15H2,1-2H3. The third-order valence-electron chi connectivity index (χ3n) is 4.86. The zero-order valence-corrected chi connectivity index (χ0v) is 11.6. The van der Waals surface area contributed by atoms with Crippen molar-refractivity contribution in [3.8, 4) is 0 Å². The van der Waals surface area contributed by atoms with Crippen molar-refractivity contribution in [1.29, 1.82) is 0 Å². The third kappa shape index (κ3) is 3.21. The summed E-state index contributed by atoms with van der Waals surface area (Å²) in [6.45, 7) is 8.23. The molecule has 2 aliphatic rings. The molecule has 0 bridgehead atoms. The molecule has 100 valence electrons. The lowest BCUT2D eigenvalue weighted by molar-refractivity contribution is 0.0326. The Morgan fingerprint density at radius 2 is 2.12 bits per heavy atom. The molecule has 2 rings (SSSR count).